The van der Waals surface area contributed by atoms with Gasteiger partial charge in [0.1, 0.15) is 0 Å². The van der Waals surface area contributed by atoms with Gasteiger partial charge in [0.15, 0.2) is 0 Å². The minimum absolute atomic E-state index is 0.0615. The Hall–Kier alpha value is -2.93. The smallest absolute Gasteiger partial charge is 0.259 e. The predicted octanol–water partition coefficient (Wildman–Crippen LogP) is 5.21. The monoisotopic (exact) mass is 480 g/mol. The van der Waals surface area contributed by atoms with Gasteiger partial charge in [-0.05, 0) is 68.3 Å². The van der Waals surface area contributed by atoms with Gasteiger partial charge in [-0.1, -0.05) is 28.8 Å². The molecule has 1 aliphatic rings. The van der Waals surface area contributed by atoms with E-state index in [-0.39, 0.29) is 11.8 Å². The van der Waals surface area contributed by atoms with E-state index in [1.54, 1.807) is 35.1 Å². The molecule has 31 heavy (non-hydrogen) atoms. The van der Waals surface area contributed by atoms with E-state index in [1.165, 1.54) is 12.8 Å². The molecule has 1 aliphatic heterocycles. The second-order valence-corrected chi connectivity index (χ2v) is 8.69. The molecule has 2 heterocycles. The van der Waals surface area contributed by atoms with Gasteiger partial charge in [-0.15, -0.1) is 0 Å². The molecule has 0 bridgehead atoms. The summed E-state index contributed by atoms with van der Waals surface area (Å²) in [7, 11) is 0. The molecule has 2 aromatic carbocycles. The molecule has 1 fully saturated rings. The summed E-state index contributed by atoms with van der Waals surface area (Å²) >= 11 is 3.42. The van der Waals surface area contributed by atoms with Crippen LogP contribution in [0.15, 0.2) is 59.2 Å². The minimum atomic E-state index is -0.229. The topological polar surface area (TPSA) is 67.2 Å². The van der Waals surface area contributed by atoms with Crippen molar-refractivity contribution in [3.63, 3.8) is 0 Å². The summed E-state index contributed by atoms with van der Waals surface area (Å²) in [5, 5.41) is 7.27. The molecule has 0 radical (unpaired) electrons. The number of anilines is 1. The fourth-order valence-corrected chi connectivity index (χ4v) is 4.09. The van der Waals surface area contributed by atoms with Crippen molar-refractivity contribution in [2.75, 3.05) is 18.4 Å². The normalized spacial score (nSPS) is 14.2. The number of carbonyl (C=O) groups excluding carboxylic acids is 2. The second-order valence-electron chi connectivity index (χ2n) is 7.77. The highest BCUT2D eigenvalue weighted by Gasteiger charge is 2.18. The second kappa shape index (κ2) is 9.47. The van der Waals surface area contributed by atoms with Gasteiger partial charge in [-0.2, -0.15) is 5.10 Å². The fraction of sp³-hybridized carbons (Fsp3) is 0.292. The van der Waals surface area contributed by atoms with E-state index in [9.17, 15) is 9.59 Å². The zero-order valence-electron chi connectivity index (χ0n) is 17.5. The SMILES string of the molecule is Cc1c(C(=O)Nc2ccc(C(=O)N3CCCCCC3)cc2)cnn1-c1ccc(Br)cc1. The van der Waals surface area contributed by atoms with Crippen LogP contribution in [-0.4, -0.2) is 39.6 Å². The maximum absolute atomic E-state index is 12.8. The Morgan fingerprint density at radius 1 is 0.935 bits per heavy atom. The number of rotatable bonds is 4. The van der Waals surface area contributed by atoms with Crippen molar-refractivity contribution in [1.29, 1.82) is 0 Å². The Labute approximate surface area is 190 Å². The molecule has 6 nitrogen and oxygen atoms in total. The van der Waals surface area contributed by atoms with Gasteiger partial charge in [-0.3, -0.25) is 9.59 Å². The van der Waals surface area contributed by atoms with Gasteiger partial charge in [0, 0.05) is 28.8 Å². The molecular weight excluding hydrogens is 456 g/mol. The molecule has 7 heteroatoms. The van der Waals surface area contributed by atoms with Crippen molar-refractivity contribution in [2.45, 2.75) is 32.6 Å². The molecule has 1 saturated heterocycles. The van der Waals surface area contributed by atoms with E-state index in [0.717, 1.165) is 41.8 Å². The maximum atomic E-state index is 12.8. The summed E-state index contributed by atoms with van der Waals surface area (Å²) in [5.74, 6) is -0.168. The van der Waals surface area contributed by atoms with Crippen molar-refractivity contribution in [1.82, 2.24) is 14.7 Å². The zero-order chi connectivity index (χ0) is 21.8. The van der Waals surface area contributed by atoms with Gasteiger partial charge in [0.05, 0.1) is 23.1 Å². The number of hydrogen-bond donors (Lipinski definition) is 1. The van der Waals surface area contributed by atoms with Crippen molar-refractivity contribution >= 4 is 33.4 Å². The quantitative estimate of drug-likeness (QED) is 0.556. The van der Waals surface area contributed by atoms with Crippen LogP contribution in [-0.2, 0) is 0 Å². The molecule has 3 aromatic rings. The van der Waals surface area contributed by atoms with Crippen LogP contribution in [0.25, 0.3) is 5.69 Å². The minimum Gasteiger partial charge on any atom is -0.339 e. The van der Waals surface area contributed by atoms with E-state index in [2.05, 4.69) is 26.3 Å². The number of nitrogens with zero attached hydrogens (tertiary/aromatic N) is 3. The van der Waals surface area contributed by atoms with Crippen LogP contribution in [0.1, 0.15) is 52.1 Å². The summed E-state index contributed by atoms with van der Waals surface area (Å²) in [4.78, 5) is 27.5. The number of halogens is 1. The summed E-state index contributed by atoms with van der Waals surface area (Å²) in [6.07, 6.45) is 6.07. The average Bonchev–Trinajstić information content (AvgIpc) is 2.98. The average molecular weight is 481 g/mol. The summed E-state index contributed by atoms with van der Waals surface area (Å²) in [6.45, 7) is 3.50. The number of carbonyl (C=O) groups is 2. The Bertz CT molecular complexity index is 1070. The van der Waals surface area contributed by atoms with Crippen molar-refractivity contribution in [2.24, 2.45) is 0 Å². The lowest BCUT2D eigenvalue weighted by Gasteiger charge is -2.20. The number of aromatic nitrogens is 2. The maximum Gasteiger partial charge on any atom is 0.259 e. The molecule has 1 N–H and O–H groups in total. The fourth-order valence-electron chi connectivity index (χ4n) is 3.83. The number of nitrogens with one attached hydrogen (secondary N) is 1. The first-order valence-corrected chi connectivity index (χ1v) is 11.3. The molecule has 4 rings (SSSR count). The largest absolute Gasteiger partial charge is 0.339 e. The van der Waals surface area contributed by atoms with E-state index in [0.29, 0.717) is 16.8 Å². The summed E-state index contributed by atoms with van der Waals surface area (Å²) < 4.78 is 2.72. The Morgan fingerprint density at radius 2 is 1.58 bits per heavy atom. The van der Waals surface area contributed by atoms with Crippen molar-refractivity contribution in [3.8, 4) is 5.69 Å². The molecule has 0 unspecified atom stereocenters. The first-order valence-electron chi connectivity index (χ1n) is 10.5. The molecule has 1 aromatic heterocycles. The van der Waals surface area contributed by atoms with Gasteiger partial charge in [-0.25, -0.2) is 4.68 Å². The molecular formula is C24H25BrN4O2. The lowest BCUT2D eigenvalue weighted by Crippen LogP contribution is -2.31. The molecule has 0 atom stereocenters. The standard InChI is InChI=1S/C24H25BrN4O2/c1-17-22(16-26-29(17)21-12-8-19(25)9-13-21)23(30)27-20-10-6-18(7-11-20)24(31)28-14-4-2-3-5-15-28/h6-13,16H,2-5,14-15H2,1H3,(H,27,30). The Morgan fingerprint density at radius 3 is 2.23 bits per heavy atom. The highest BCUT2D eigenvalue weighted by molar-refractivity contribution is 9.10. The molecule has 0 spiro atoms. The van der Waals surface area contributed by atoms with Crippen LogP contribution >= 0.6 is 15.9 Å². The van der Waals surface area contributed by atoms with Crippen molar-refractivity contribution < 1.29 is 9.59 Å². The van der Waals surface area contributed by atoms with E-state index >= 15 is 0 Å². The Kier molecular flexibility index (Phi) is 6.51. The summed E-state index contributed by atoms with van der Waals surface area (Å²) in [6, 6.07) is 14.9. The Balaban J connectivity index is 1.44. The lowest BCUT2D eigenvalue weighted by molar-refractivity contribution is 0.0761. The first-order chi connectivity index (χ1) is 15.0. The van der Waals surface area contributed by atoms with Crippen LogP contribution in [0.4, 0.5) is 5.69 Å². The lowest BCUT2D eigenvalue weighted by atomic mass is 10.1. The summed E-state index contributed by atoms with van der Waals surface area (Å²) in [5.41, 5.74) is 3.45. The number of benzene rings is 2. The van der Waals surface area contributed by atoms with Crippen LogP contribution in [0.2, 0.25) is 0 Å². The first kappa shape index (κ1) is 21.3. The zero-order valence-corrected chi connectivity index (χ0v) is 19.1. The van der Waals surface area contributed by atoms with E-state index in [4.69, 9.17) is 0 Å². The van der Waals surface area contributed by atoms with Gasteiger partial charge >= 0.3 is 0 Å². The molecule has 160 valence electrons. The van der Waals surface area contributed by atoms with Gasteiger partial charge < -0.3 is 10.2 Å². The number of likely N-dealkylation sites (tertiary alicyclic amines) is 1. The molecule has 0 saturated carbocycles. The van der Waals surface area contributed by atoms with E-state index in [1.807, 2.05) is 36.1 Å². The third-order valence-electron chi connectivity index (χ3n) is 5.61. The highest BCUT2D eigenvalue weighted by atomic mass is 79.9. The molecule has 0 aliphatic carbocycles. The van der Waals surface area contributed by atoms with Gasteiger partial charge in [0.25, 0.3) is 11.8 Å². The van der Waals surface area contributed by atoms with Crippen LogP contribution < -0.4 is 5.32 Å². The van der Waals surface area contributed by atoms with Crippen LogP contribution in [0.3, 0.4) is 0 Å². The van der Waals surface area contributed by atoms with Crippen LogP contribution in [0, 0.1) is 6.92 Å². The van der Waals surface area contributed by atoms with Crippen LogP contribution in [0.5, 0.6) is 0 Å². The van der Waals surface area contributed by atoms with Gasteiger partial charge in [0.2, 0.25) is 0 Å². The number of amides is 2. The highest BCUT2D eigenvalue weighted by Crippen LogP contribution is 2.19. The third-order valence-corrected chi connectivity index (χ3v) is 6.14. The third kappa shape index (κ3) is 4.88. The van der Waals surface area contributed by atoms with E-state index < -0.39 is 0 Å². The predicted molar refractivity (Wildman–Crippen MR) is 125 cm³/mol. The van der Waals surface area contributed by atoms with Crippen molar-refractivity contribution in [3.05, 3.63) is 76.0 Å². The number of hydrogen-bond acceptors (Lipinski definition) is 3. The molecule has 2 amide bonds.